The number of carbonyl (C=O) groups excluding carboxylic acids is 3. The van der Waals surface area contributed by atoms with Gasteiger partial charge in [0.1, 0.15) is 0 Å². The fourth-order valence-electron chi connectivity index (χ4n) is 8.64. The second-order valence-electron chi connectivity index (χ2n) is 14.5. The quantitative estimate of drug-likeness (QED) is 0.164. The van der Waals surface area contributed by atoms with Crippen molar-refractivity contribution in [2.45, 2.75) is 75.5 Å². The molecular formula is C38H43ClN4O6Si. The van der Waals surface area contributed by atoms with E-state index in [1.165, 1.54) is 0 Å². The van der Waals surface area contributed by atoms with Gasteiger partial charge in [-0.3, -0.25) is 14.4 Å². The van der Waals surface area contributed by atoms with Gasteiger partial charge in [0.15, 0.2) is 13.9 Å². The lowest BCUT2D eigenvalue weighted by molar-refractivity contribution is -0.150. The Morgan fingerprint density at radius 1 is 1.12 bits per heavy atom. The number of aromatic amines is 1. The van der Waals surface area contributed by atoms with Gasteiger partial charge in [-0.15, -0.1) is 0 Å². The van der Waals surface area contributed by atoms with Crippen molar-refractivity contribution in [3.63, 3.8) is 0 Å². The van der Waals surface area contributed by atoms with E-state index in [9.17, 15) is 24.3 Å². The van der Waals surface area contributed by atoms with Crippen molar-refractivity contribution in [2.75, 3.05) is 23.4 Å². The van der Waals surface area contributed by atoms with Gasteiger partial charge in [-0.1, -0.05) is 48.9 Å². The number of nitrogens with one attached hydrogen (secondary N) is 2. The van der Waals surface area contributed by atoms with Crippen LogP contribution < -0.4 is 10.2 Å². The number of aliphatic hydroxyl groups is 1. The van der Waals surface area contributed by atoms with Crippen molar-refractivity contribution in [3.05, 3.63) is 94.6 Å². The van der Waals surface area contributed by atoms with Crippen LogP contribution in [0.25, 0.3) is 10.9 Å². The zero-order chi connectivity index (χ0) is 35.4. The van der Waals surface area contributed by atoms with Gasteiger partial charge in [-0.2, -0.15) is 0 Å². The summed E-state index contributed by atoms with van der Waals surface area (Å²) in [6, 6.07) is 20.4. The average molecular weight is 715 g/mol. The van der Waals surface area contributed by atoms with Gasteiger partial charge in [0.2, 0.25) is 11.8 Å². The van der Waals surface area contributed by atoms with Gasteiger partial charge in [0.25, 0.3) is 5.91 Å². The number of aromatic nitrogens is 1. The number of ether oxygens (including phenoxy) is 1. The lowest BCUT2D eigenvalue weighted by Crippen LogP contribution is -2.46. The lowest BCUT2D eigenvalue weighted by Gasteiger charge is -2.32. The molecule has 0 radical (unpaired) electrons. The van der Waals surface area contributed by atoms with E-state index >= 15 is 0 Å². The summed E-state index contributed by atoms with van der Waals surface area (Å²) >= 11 is 6.55. The zero-order valence-electron chi connectivity index (χ0n) is 28.5. The molecule has 2 fully saturated rings. The first-order valence-electron chi connectivity index (χ1n) is 17.3. The highest BCUT2D eigenvalue weighted by molar-refractivity contribution is 6.71. The molecular weight excluding hydrogens is 672 g/mol. The molecule has 262 valence electrons. The summed E-state index contributed by atoms with van der Waals surface area (Å²) in [5.41, 5.74) is 2.71. The van der Waals surface area contributed by atoms with E-state index in [4.69, 9.17) is 16.3 Å². The largest absolute Gasteiger partial charge is 0.432 e. The Bertz CT molecular complexity index is 1960. The molecule has 0 aliphatic carbocycles. The van der Waals surface area contributed by atoms with Crippen LogP contribution in [0.1, 0.15) is 42.9 Å². The fourth-order valence-corrected chi connectivity index (χ4v) is 11.4. The normalized spacial score (nSPS) is 24.8. The molecule has 3 aromatic carbocycles. The maximum atomic E-state index is 14.8. The number of amides is 3. The van der Waals surface area contributed by atoms with E-state index in [0.29, 0.717) is 28.5 Å². The molecule has 7 rings (SSSR count). The third-order valence-corrected chi connectivity index (χ3v) is 13.5. The molecule has 2 saturated heterocycles. The molecule has 1 aromatic heterocycles. The molecule has 0 unspecified atom stereocenters. The summed E-state index contributed by atoms with van der Waals surface area (Å²) in [7, 11) is -2.99. The highest BCUT2D eigenvalue weighted by Crippen LogP contribution is 2.60. The maximum absolute atomic E-state index is 14.8. The Morgan fingerprint density at radius 2 is 1.92 bits per heavy atom. The topological polar surface area (TPSA) is 135 Å². The van der Waals surface area contributed by atoms with Crippen molar-refractivity contribution in [1.82, 2.24) is 9.88 Å². The summed E-state index contributed by atoms with van der Waals surface area (Å²) in [6.45, 7) is 6.26. The number of halogens is 1. The predicted molar refractivity (Wildman–Crippen MR) is 195 cm³/mol. The van der Waals surface area contributed by atoms with Crippen molar-refractivity contribution in [1.29, 1.82) is 0 Å². The molecule has 4 N–H and O–H groups in total. The molecule has 3 aliphatic rings. The molecule has 12 heteroatoms. The third-order valence-electron chi connectivity index (χ3n) is 10.8. The van der Waals surface area contributed by atoms with Crippen LogP contribution in [0.2, 0.25) is 23.7 Å². The average Bonchev–Trinajstić information content (AvgIpc) is 3.83. The van der Waals surface area contributed by atoms with Crippen molar-refractivity contribution >= 4 is 59.9 Å². The van der Waals surface area contributed by atoms with Crippen LogP contribution in [0.15, 0.2) is 72.9 Å². The zero-order valence-corrected chi connectivity index (χ0v) is 30.2. The number of fused-ring (bicyclic) bond motifs is 3. The van der Waals surface area contributed by atoms with Crippen molar-refractivity contribution in [3.8, 4) is 0 Å². The smallest absolute Gasteiger partial charge is 0.264 e. The number of hydrogen-bond donors (Lipinski definition) is 4. The number of H-pyrrole nitrogens is 1. The third kappa shape index (κ3) is 6.05. The molecule has 5 atom stereocenters. The van der Waals surface area contributed by atoms with Gasteiger partial charge in [-0.05, 0) is 73.5 Å². The number of aliphatic hydroxyl groups excluding tert-OH is 1. The van der Waals surface area contributed by atoms with Crippen LogP contribution in [0, 0.1) is 5.92 Å². The molecule has 3 aliphatic heterocycles. The van der Waals surface area contributed by atoms with E-state index in [2.05, 4.69) is 10.3 Å². The van der Waals surface area contributed by atoms with Gasteiger partial charge in [0, 0.05) is 51.4 Å². The number of benzene rings is 3. The number of carbonyl (C=O) groups is 3. The van der Waals surface area contributed by atoms with E-state index in [1.54, 1.807) is 21.9 Å². The highest BCUT2D eigenvalue weighted by atomic mass is 35.5. The Balaban J connectivity index is 1.15. The van der Waals surface area contributed by atoms with Gasteiger partial charge in [-0.25, -0.2) is 0 Å². The molecule has 1 spiro atoms. The van der Waals surface area contributed by atoms with Crippen LogP contribution in [0.4, 0.5) is 11.4 Å². The number of likely N-dealkylation sites (tertiary alicyclic amines) is 1. The molecule has 10 nitrogen and oxygen atoms in total. The molecule has 0 saturated carbocycles. The summed E-state index contributed by atoms with van der Waals surface area (Å²) in [5.74, 6) is -1.03. The lowest BCUT2D eigenvalue weighted by atomic mass is 9.82. The number of nitrogens with zero attached hydrogens (tertiary/aromatic N) is 2. The van der Waals surface area contributed by atoms with Crippen LogP contribution in [-0.2, 0) is 37.7 Å². The van der Waals surface area contributed by atoms with E-state index < -0.39 is 31.5 Å². The summed E-state index contributed by atoms with van der Waals surface area (Å²) in [4.78, 5) is 59.7. The number of anilines is 2. The standard InChI is InChI=1S/C38H43ClN4O6Si/c1-23-36(50(2,3)48)33(19-35(46)42-15-7-10-28(42)22-44)49-38(23)30-18-26(39)13-14-32(30)43(37(38)47)21-24-8-6-9-27(16-24)41-34(45)17-25-20-40-31-12-5-4-11-29(25)31/h4-6,8-9,11-14,16,18,20,23,28,33,36,40,44,48H,7,10,15,17,19,21-22H2,1-3H3,(H,41,45)/t23-,28-,33+,36-,38+/m0/s1. The summed E-state index contributed by atoms with van der Waals surface area (Å²) in [5, 5.41) is 14.3. The number of rotatable bonds is 9. The molecule has 4 aromatic rings. The Labute approximate surface area is 297 Å². The minimum Gasteiger partial charge on any atom is -0.432 e. The molecule has 50 heavy (non-hydrogen) atoms. The SMILES string of the molecule is C[C@H]1[C@H]([Si](C)(C)O)[C@@H](CC(=O)N2CCC[C@H]2CO)O[C@]12C(=O)N(Cc1cccc(NC(=O)Cc3c[nH]c4ccccc34)c1)c1ccc(Cl)cc12. The minimum absolute atomic E-state index is 0.00766. The van der Waals surface area contributed by atoms with Crippen molar-refractivity contribution < 1.29 is 29.0 Å². The maximum Gasteiger partial charge on any atom is 0.264 e. The second-order valence-corrected chi connectivity index (χ2v) is 18.9. The van der Waals surface area contributed by atoms with E-state index in [0.717, 1.165) is 34.9 Å². The Hall–Kier alpha value is -4.00. The minimum atomic E-state index is -2.99. The van der Waals surface area contributed by atoms with Gasteiger partial charge in [0.05, 0.1) is 43.8 Å². The van der Waals surface area contributed by atoms with Gasteiger partial charge < -0.3 is 34.7 Å². The first-order chi connectivity index (χ1) is 23.9. The fraction of sp³-hybridized carbons (Fsp3) is 0.395. The van der Waals surface area contributed by atoms with E-state index in [-0.39, 0.29) is 49.8 Å². The van der Waals surface area contributed by atoms with Crippen LogP contribution in [0.3, 0.4) is 0 Å². The molecule has 4 heterocycles. The number of para-hydroxylation sites is 1. The first-order valence-corrected chi connectivity index (χ1v) is 20.7. The predicted octanol–water partition coefficient (Wildman–Crippen LogP) is 5.72. The highest BCUT2D eigenvalue weighted by Gasteiger charge is 2.66. The van der Waals surface area contributed by atoms with Crippen LogP contribution in [-0.4, -0.2) is 71.1 Å². The second kappa shape index (κ2) is 13.3. The summed E-state index contributed by atoms with van der Waals surface area (Å²) in [6.07, 6.45) is 2.93. The van der Waals surface area contributed by atoms with Crippen LogP contribution in [0.5, 0.6) is 0 Å². The first kappa shape index (κ1) is 34.4. The van der Waals surface area contributed by atoms with Gasteiger partial charge >= 0.3 is 0 Å². The number of hydrogen-bond acceptors (Lipinski definition) is 6. The van der Waals surface area contributed by atoms with E-state index in [1.807, 2.05) is 80.8 Å². The van der Waals surface area contributed by atoms with Crippen LogP contribution >= 0.6 is 11.6 Å². The van der Waals surface area contributed by atoms with Crippen molar-refractivity contribution in [2.24, 2.45) is 5.92 Å². The summed E-state index contributed by atoms with van der Waals surface area (Å²) < 4.78 is 6.83. The molecule has 3 amide bonds. The monoisotopic (exact) mass is 714 g/mol. The Morgan fingerprint density at radius 3 is 2.70 bits per heavy atom. The molecule has 0 bridgehead atoms. The Kier molecular flexibility index (Phi) is 9.15.